The highest BCUT2D eigenvalue weighted by molar-refractivity contribution is 5.89. The molecule has 3 rings (SSSR count). The fourth-order valence-corrected chi connectivity index (χ4v) is 2.92. The van der Waals surface area contributed by atoms with Crippen LogP contribution in [0.15, 0.2) is 47.1 Å². The zero-order valence-electron chi connectivity index (χ0n) is 16.6. The Balaban J connectivity index is 1.80. The van der Waals surface area contributed by atoms with E-state index < -0.39 is 17.7 Å². The maximum Gasteiger partial charge on any atom is 0.268 e. The highest BCUT2D eigenvalue weighted by Gasteiger charge is 2.36. The summed E-state index contributed by atoms with van der Waals surface area (Å²) in [4.78, 5) is 27.4. The van der Waals surface area contributed by atoms with E-state index in [-0.39, 0.29) is 25.0 Å². The van der Waals surface area contributed by atoms with Crippen molar-refractivity contribution in [2.45, 2.75) is 51.9 Å². The lowest BCUT2D eigenvalue weighted by Gasteiger charge is -2.34. The zero-order chi connectivity index (χ0) is 20.3. The van der Waals surface area contributed by atoms with E-state index in [1.165, 1.54) is 11.2 Å². The van der Waals surface area contributed by atoms with Gasteiger partial charge < -0.3 is 24.1 Å². The second kappa shape index (κ2) is 7.96. The van der Waals surface area contributed by atoms with Crippen molar-refractivity contribution in [2.75, 3.05) is 6.61 Å². The first kappa shape index (κ1) is 19.8. The number of carbonyl (C=O) groups excluding carboxylic acids is 2. The van der Waals surface area contributed by atoms with Gasteiger partial charge >= 0.3 is 0 Å². The van der Waals surface area contributed by atoms with Gasteiger partial charge in [0.15, 0.2) is 11.5 Å². The number of para-hydroxylation sites is 2. The first-order valence-electron chi connectivity index (χ1n) is 9.28. The Morgan fingerprint density at radius 1 is 1.18 bits per heavy atom. The molecule has 2 heterocycles. The Morgan fingerprint density at radius 3 is 2.54 bits per heavy atom. The van der Waals surface area contributed by atoms with Crippen molar-refractivity contribution in [2.24, 2.45) is 0 Å². The third-order valence-electron chi connectivity index (χ3n) is 4.32. The van der Waals surface area contributed by atoms with Crippen LogP contribution in [0.5, 0.6) is 11.5 Å². The molecule has 7 heteroatoms. The van der Waals surface area contributed by atoms with E-state index in [1.807, 2.05) is 32.9 Å². The molecule has 150 valence electrons. The molecule has 2 atom stereocenters. The van der Waals surface area contributed by atoms with Crippen LogP contribution in [0, 0.1) is 0 Å². The lowest BCUT2D eigenvalue weighted by atomic mass is 10.1. The number of rotatable bonds is 5. The summed E-state index contributed by atoms with van der Waals surface area (Å²) in [6, 6.07) is 9.99. The molecule has 7 nitrogen and oxygen atoms in total. The van der Waals surface area contributed by atoms with Gasteiger partial charge in [0.2, 0.25) is 12.0 Å². The summed E-state index contributed by atoms with van der Waals surface area (Å²) in [6.45, 7) is 7.62. The van der Waals surface area contributed by atoms with Crippen LogP contribution in [0.3, 0.4) is 0 Å². The standard InChI is InChI=1S/C21H26N2O5/c1-14(19(24)22-21(2,3)4)23(12-15-8-7-11-26-15)20(25)18-13-27-16-9-5-6-10-17(16)28-18/h5-11,14,18H,12-13H2,1-4H3,(H,22,24)/t14-,18-/m1/s1. The quantitative estimate of drug-likeness (QED) is 0.855. The molecule has 1 N–H and O–H groups in total. The van der Waals surface area contributed by atoms with Crippen molar-refractivity contribution in [3.8, 4) is 11.5 Å². The molecule has 0 saturated carbocycles. The molecular weight excluding hydrogens is 360 g/mol. The van der Waals surface area contributed by atoms with Gasteiger partial charge in [0.05, 0.1) is 12.8 Å². The number of amides is 2. The summed E-state index contributed by atoms with van der Waals surface area (Å²) in [7, 11) is 0. The van der Waals surface area contributed by atoms with Crippen LogP contribution in [0.4, 0.5) is 0 Å². The molecule has 2 amide bonds. The zero-order valence-corrected chi connectivity index (χ0v) is 16.6. The molecule has 1 aliphatic rings. The molecule has 1 aromatic heterocycles. The predicted molar refractivity (Wildman–Crippen MR) is 103 cm³/mol. The maximum atomic E-state index is 13.2. The van der Waals surface area contributed by atoms with E-state index >= 15 is 0 Å². The number of carbonyl (C=O) groups is 2. The highest BCUT2D eigenvalue weighted by atomic mass is 16.6. The molecule has 0 spiro atoms. The van der Waals surface area contributed by atoms with Crippen LogP contribution in [-0.2, 0) is 16.1 Å². The maximum absolute atomic E-state index is 13.2. The summed E-state index contributed by atoms with van der Waals surface area (Å²) < 4.78 is 16.9. The minimum absolute atomic E-state index is 0.0815. The van der Waals surface area contributed by atoms with Gasteiger partial charge in [-0.05, 0) is 52.0 Å². The summed E-state index contributed by atoms with van der Waals surface area (Å²) in [5.74, 6) is 1.12. The average Bonchev–Trinajstić information content (AvgIpc) is 3.16. The van der Waals surface area contributed by atoms with Crippen molar-refractivity contribution in [3.63, 3.8) is 0 Å². The normalized spacial score (nSPS) is 16.9. The van der Waals surface area contributed by atoms with Gasteiger partial charge in [-0.2, -0.15) is 0 Å². The van der Waals surface area contributed by atoms with Crippen LogP contribution >= 0.6 is 0 Å². The molecule has 1 aromatic carbocycles. The second-order valence-electron chi connectivity index (χ2n) is 7.82. The molecule has 0 radical (unpaired) electrons. The van der Waals surface area contributed by atoms with Gasteiger partial charge in [-0.25, -0.2) is 0 Å². The number of nitrogens with one attached hydrogen (secondary N) is 1. The molecular formula is C21H26N2O5. The first-order valence-corrected chi connectivity index (χ1v) is 9.28. The van der Waals surface area contributed by atoms with E-state index in [9.17, 15) is 9.59 Å². The molecule has 0 fully saturated rings. The van der Waals surface area contributed by atoms with Gasteiger partial charge in [0.25, 0.3) is 5.91 Å². The SMILES string of the molecule is C[C@H](C(=O)NC(C)(C)C)N(Cc1ccco1)C(=O)[C@H]1COc2ccccc2O1. The third kappa shape index (κ3) is 4.65. The topological polar surface area (TPSA) is 81.0 Å². The van der Waals surface area contributed by atoms with E-state index in [4.69, 9.17) is 13.9 Å². The molecule has 0 saturated heterocycles. The fourth-order valence-electron chi connectivity index (χ4n) is 2.92. The second-order valence-corrected chi connectivity index (χ2v) is 7.82. The summed E-state index contributed by atoms with van der Waals surface area (Å²) >= 11 is 0. The average molecular weight is 386 g/mol. The van der Waals surface area contributed by atoms with Crippen LogP contribution in [0.2, 0.25) is 0 Å². The van der Waals surface area contributed by atoms with Crippen LogP contribution in [-0.4, -0.2) is 41.0 Å². The number of fused-ring (bicyclic) bond motifs is 1. The van der Waals surface area contributed by atoms with Crippen molar-refractivity contribution in [1.82, 2.24) is 10.2 Å². The summed E-state index contributed by atoms with van der Waals surface area (Å²) in [6.07, 6.45) is 0.698. The van der Waals surface area contributed by atoms with Crippen LogP contribution < -0.4 is 14.8 Å². The number of ether oxygens (including phenoxy) is 2. The summed E-state index contributed by atoms with van der Waals surface area (Å²) in [5, 5.41) is 2.92. The van der Waals surface area contributed by atoms with Gasteiger partial charge in [-0.15, -0.1) is 0 Å². The van der Waals surface area contributed by atoms with Crippen molar-refractivity contribution < 1.29 is 23.5 Å². The fraction of sp³-hybridized carbons (Fsp3) is 0.429. The number of hydrogen-bond donors (Lipinski definition) is 1. The minimum atomic E-state index is -0.838. The molecule has 1 aliphatic heterocycles. The van der Waals surface area contributed by atoms with E-state index in [0.29, 0.717) is 17.3 Å². The molecule has 28 heavy (non-hydrogen) atoms. The van der Waals surface area contributed by atoms with Crippen LogP contribution in [0.1, 0.15) is 33.5 Å². The minimum Gasteiger partial charge on any atom is -0.485 e. The van der Waals surface area contributed by atoms with Crippen molar-refractivity contribution >= 4 is 11.8 Å². The van der Waals surface area contributed by atoms with Gasteiger partial charge in [-0.1, -0.05) is 12.1 Å². The lowest BCUT2D eigenvalue weighted by Crippen LogP contribution is -2.55. The van der Waals surface area contributed by atoms with Crippen LogP contribution in [0.25, 0.3) is 0 Å². The third-order valence-corrected chi connectivity index (χ3v) is 4.32. The Morgan fingerprint density at radius 2 is 1.89 bits per heavy atom. The lowest BCUT2D eigenvalue weighted by molar-refractivity contribution is -0.149. The molecule has 0 bridgehead atoms. The first-order chi connectivity index (χ1) is 13.2. The highest BCUT2D eigenvalue weighted by Crippen LogP contribution is 2.31. The number of nitrogens with zero attached hydrogens (tertiary/aromatic N) is 1. The Hall–Kier alpha value is -2.96. The monoisotopic (exact) mass is 386 g/mol. The Labute approximate surface area is 164 Å². The predicted octanol–water partition coefficient (Wildman–Crippen LogP) is 2.75. The van der Waals surface area contributed by atoms with Gasteiger partial charge in [0.1, 0.15) is 18.4 Å². The van der Waals surface area contributed by atoms with Gasteiger partial charge in [0, 0.05) is 5.54 Å². The Kier molecular flexibility index (Phi) is 5.63. The molecule has 0 aliphatic carbocycles. The van der Waals surface area contributed by atoms with Crippen molar-refractivity contribution in [1.29, 1.82) is 0 Å². The smallest absolute Gasteiger partial charge is 0.268 e. The largest absolute Gasteiger partial charge is 0.485 e. The number of furan rings is 1. The van der Waals surface area contributed by atoms with E-state index in [2.05, 4.69) is 5.32 Å². The van der Waals surface area contributed by atoms with Gasteiger partial charge in [-0.3, -0.25) is 9.59 Å². The number of benzene rings is 1. The summed E-state index contributed by atoms with van der Waals surface area (Å²) in [5.41, 5.74) is -0.409. The molecule has 2 aromatic rings. The number of hydrogen-bond acceptors (Lipinski definition) is 5. The van der Waals surface area contributed by atoms with E-state index in [1.54, 1.807) is 31.2 Å². The Bertz CT molecular complexity index is 826. The van der Waals surface area contributed by atoms with Crippen molar-refractivity contribution in [3.05, 3.63) is 48.4 Å². The van der Waals surface area contributed by atoms with E-state index in [0.717, 1.165) is 0 Å². The molecule has 0 unspecified atom stereocenters.